The highest BCUT2D eigenvalue weighted by Crippen LogP contribution is 2.31. The second-order valence-corrected chi connectivity index (χ2v) is 6.63. The zero-order valence-corrected chi connectivity index (χ0v) is 15.5. The molecule has 0 aromatic heterocycles. The summed E-state index contributed by atoms with van der Waals surface area (Å²) in [4.78, 5) is 48.8. The van der Waals surface area contributed by atoms with Gasteiger partial charge >= 0.3 is 0 Å². The van der Waals surface area contributed by atoms with Gasteiger partial charge in [0.15, 0.2) is 0 Å². The molecule has 1 aliphatic heterocycles. The van der Waals surface area contributed by atoms with Crippen molar-refractivity contribution < 1.29 is 19.2 Å². The Hall–Kier alpha value is -2.90. The smallest absolute Gasteiger partial charge is 0.262 e. The lowest BCUT2D eigenvalue weighted by Gasteiger charge is -2.13. The van der Waals surface area contributed by atoms with Gasteiger partial charge in [0.2, 0.25) is 11.8 Å². The third kappa shape index (κ3) is 3.94. The molecule has 0 saturated heterocycles. The van der Waals surface area contributed by atoms with Crippen LogP contribution in [0.25, 0.3) is 0 Å². The first-order valence-electron chi connectivity index (χ1n) is 7.79. The number of imide groups is 1. The maximum Gasteiger partial charge on any atom is 0.262 e. The maximum absolute atomic E-state index is 12.4. The van der Waals surface area contributed by atoms with Gasteiger partial charge in [0, 0.05) is 18.3 Å². The number of hydrogen-bond acceptors (Lipinski definition) is 4. The van der Waals surface area contributed by atoms with Crippen LogP contribution in [0.15, 0.2) is 36.4 Å². The van der Waals surface area contributed by atoms with E-state index in [1.807, 2.05) is 0 Å². The molecule has 27 heavy (non-hydrogen) atoms. The van der Waals surface area contributed by atoms with E-state index in [2.05, 4.69) is 10.6 Å². The minimum atomic E-state index is -0.607. The number of rotatable bonds is 4. The molecule has 138 valence electrons. The van der Waals surface area contributed by atoms with Gasteiger partial charge in [-0.2, -0.15) is 0 Å². The minimum absolute atomic E-state index is 0.113. The first-order chi connectivity index (χ1) is 12.8. The number of anilines is 2. The van der Waals surface area contributed by atoms with E-state index in [0.717, 1.165) is 4.90 Å². The highest BCUT2D eigenvalue weighted by Gasteiger charge is 2.37. The molecule has 0 unspecified atom stereocenters. The summed E-state index contributed by atoms with van der Waals surface area (Å²) in [5.41, 5.74) is 1.26. The van der Waals surface area contributed by atoms with Crippen LogP contribution in [0.1, 0.15) is 27.6 Å². The predicted octanol–water partition coefficient (Wildman–Crippen LogP) is 3.19. The SMILES string of the molecule is CC(=O)Nc1ccc(NC(=O)CN2C(=O)c3cc(Cl)c(Cl)cc3C2=O)cc1. The lowest BCUT2D eigenvalue weighted by molar-refractivity contribution is -0.116. The Kier molecular flexibility index (Phi) is 5.16. The van der Waals surface area contributed by atoms with E-state index in [4.69, 9.17) is 23.2 Å². The quantitative estimate of drug-likeness (QED) is 0.763. The molecule has 4 amide bonds. The van der Waals surface area contributed by atoms with Crippen LogP contribution < -0.4 is 10.6 Å². The number of amides is 4. The molecule has 0 radical (unpaired) electrons. The van der Waals surface area contributed by atoms with Gasteiger partial charge in [0.25, 0.3) is 11.8 Å². The molecular formula is C18H13Cl2N3O4. The summed E-state index contributed by atoms with van der Waals surface area (Å²) in [5.74, 6) is -1.97. The molecular weight excluding hydrogens is 393 g/mol. The first-order valence-corrected chi connectivity index (χ1v) is 8.54. The molecule has 2 aromatic carbocycles. The molecule has 3 rings (SSSR count). The third-order valence-electron chi connectivity index (χ3n) is 3.80. The molecule has 0 atom stereocenters. The summed E-state index contributed by atoms with van der Waals surface area (Å²) in [6.45, 7) is 0.938. The van der Waals surface area contributed by atoms with Gasteiger partial charge in [-0.25, -0.2) is 0 Å². The van der Waals surface area contributed by atoms with Crippen molar-refractivity contribution >= 4 is 58.2 Å². The van der Waals surface area contributed by atoms with E-state index >= 15 is 0 Å². The number of benzene rings is 2. The van der Waals surface area contributed by atoms with E-state index < -0.39 is 24.3 Å². The Morgan fingerprint density at radius 2 is 1.33 bits per heavy atom. The lowest BCUT2D eigenvalue weighted by Crippen LogP contribution is -2.37. The molecule has 1 aliphatic rings. The average molecular weight is 406 g/mol. The van der Waals surface area contributed by atoms with E-state index in [1.54, 1.807) is 24.3 Å². The van der Waals surface area contributed by atoms with Crippen LogP contribution in [0.4, 0.5) is 11.4 Å². The molecule has 0 bridgehead atoms. The van der Waals surface area contributed by atoms with E-state index in [-0.39, 0.29) is 27.1 Å². The van der Waals surface area contributed by atoms with Crippen LogP contribution >= 0.6 is 23.2 Å². The Bertz CT molecular complexity index is 932. The van der Waals surface area contributed by atoms with Crippen LogP contribution in [-0.4, -0.2) is 35.1 Å². The fraction of sp³-hybridized carbons (Fsp3) is 0.111. The van der Waals surface area contributed by atoms with E-state index in [9.17, 15) is 19.2 Å². The topological polar surface area (TPSA) is 95.6 Å². The molecule has 0 aliphatic carbocycles. The Labute approximate surface area is 164 Å². The van der Waals surface area contributed by atoms with Gasteiger partial charge in [-0.1, -0.05) is 23.2 Å². The van der Waals surface area contributed by atoms with Gasteiger partial charge in [-0.3, -0.25) is 24.1 Å². The molecule has 2 aromatic rings. The van der Waals surface area contributed by atoms with Crippen LogP contribution in [0.2, 0.25) is 10.0 Å². The van der Waals surface area contributed by atoms with Crippen LogP contribution in [0, 0.1) is 0 Å². The highest BCUT2D eigenvalue weighted by atomic mass is 35.5. The van der Waals surface area contributed by atoms with Gasteiger partial charge < -0.3 is 10.6 Å². The van der Waals surface area contributed by atoms with Gasteiger partial charge in [0.1, 0.15) is 6.54 Å². The average Bonchev–Trinajstić information content (AvgIpc) is 2.81. The molecule has 2 N–H and O–H groups in total. The van der Waals surface area contributed by atoms with Crippen molar-refractivity contribution in [3.8, 4) is 0 Å². The molecule has 0 saturated carbocycles. The third-order valence-corrected chi connectivity index (χ3v) is 4.52. The molecule has 7 nitrogen and oxygen atoms in total. The van der Waals surface area contributed by atoms with Crippen LogP contribution in [0.3, 0.4) is 0 Å². The first kappa shape index (κ1) is 18.9. The van der Waals surface area contributed by atoms with Crippen molar-refractivity contribution in [1.29, 1.82) is 0 Å². The maximum atomic E-state index is 12.4. The summed E-state index contributed by atoms with van der Waals surface area (Å²) < 4.78 is 0. The van der Waals surface area contributed by atoms with Crippen LogP contribution in [-0.2, 0) is 9.59 Å². The number of nitrogens with zero attached hydrogens (tertiary/aromatic N) is 1. The van der Waals surface area contributed by atoms with E-state index in [1.165, 1.54) is 19.1 Å². The Balaban J connectivity index is 1.69. The molecule has 0 spiro atoms. The second-order valence-electron chi connectivity index (χ2n) is 5.82. The number of carbonyl (C=O) groups excluding carboxylic acids is 4. The fourth-order valence-corrected chi connectivity index (χ4v) is 2.94. The molecule has 1 heterocycles. The number of carbonyl (C=O) groups is 4. The Morgan fingerprint density at radius 3 is 1.78 bits per heavy atom. The molecule has 9 heteroatoms. The van der Waals surface area contributed by atoms with Crippen molar-refractivity contribution in [2.45, 2.75) is 6.92 Å². The van der Waals surface area contributed by atoms with Crippen LogP contribution in [0.5, 0.6) is 0 Å². The van der Waals surface area contributed by atoms with Crippen molar-refractivity contribution in [3.05, 3.63) is 57.6 Å². The summed E-state index contributed by atoms with van der Waals surface area (Å²) in [5, 5.41) is 5.50. The largest absolute Gasteiger partial charge is 0.326 e. The predicted molar refractivity (Wildman–Crippen MR) is 101 cm³/mol. The van der Waals surface area contributed by atoms with Gasteiger partial charge in [-0.15, -0.1) is 0 Å². The second kappa shape index (κ2) is 7.38. The van der Waals surface area contributed by atoms with Crippen molar-refractivity contribution in [1.82, 2.24) is 4.90 Å². The molecule has 0 fully saturated rings. The standard InChI is InChI=1S/C18H13Cl2N3O4/c1-9(24)21-10-2-4-11(5-3-10)22-16(25)8-23-17(26)12-6-14(19)15(20)7-13(12)18(23)27/h2-7H,8H2,1H3,(H,21,24)(H,22,25). The van der Waals surface area contributed by atoms with Crippen molar-refractivity contribution in [2.24, 2.45) is 0 Å². The number of nitrogens with one attached hydrogen (secondary N) is 2. The van der Waals surface area contributed by atoms with Gasteiger partial charge in [-0.05, 0) is 36.4 Å². The summed E-state index contributed by atoms with van der Waals surface area (Å²) in [7, 11) is 0. The normalized spacial score (nSPS) is 12.8. The lowest BCUT2D eigenvalue weighted by atomic mass is 10.1. The monoisotopic (exact) mass is 405 g/mol. The van der Waals surface area contributed by atoms with Gasteiger partial charge in [0.05, 0.1) is 21.2 Å². The summed E-state index contributed by atoms with van der Waals surface area (Å²) in [6.07, 6.45) is 0. The van der Waals surface area contributed by atoms with E-state index in [0.29, 0.717) is 11.4 Å². The zero-order chi connectivity index (χ0) is 19.7. The number of hydrogen-bond donors (Lipinski definition) is 2. The Morgan fingerprint density at radius 1 is 0.889 bits per heavy atom. The summed E-state index contributed by atoms with van der Waals surface area (Å²) in [6, 6.07) is 9.04. The van der Waals surface area contributed by atoms with Crippen molar-refractivity contribution in [2.75, 3.05) is 17.2 Å². The number of halogens is 2. The van der Waals surface area contributed by atoms with Crippen molar-refractivity contribution in [3.63, 3.8) is 0 Å². The fourth-order valence-electron chi connectivity index (χ4n) is 2.61. The minimum Gasteiger partial charge on any atom is -0.326 e. The highest BCUT2D eigenvalue weighted by molar-refractivity contribution is 6.43. The zero-order valence-electron chi connectivity index (χ0n) is 14.0. The summed E-state index contributed by atoms with van der Waals surface area (Å²) >= 11 is 11.8. The number of fused-ring (bicyclic) bond motifs is 1.